The summed E-state index contributed by atoms with van der Waals surface area (Å²) in [7, 11) is 0. The van der Waals surface area contributed by atoms with Crippen LogP contribution in [0, 0.1) is 13.8 Å². The highest BCUT2D eigenvalue weighted by Crippen LogP contribution is 2.41. The lowest BCUT2D eigenvalue weighted by Crippen LogP contribution is -2.41. The van der Waals surface area contributed by atoms with Crippen LogP contribution in [0.3, 0.4) is 0 Å². The molecule has 6 nitrogen and oxygen atoms in total. The first kappa shape index (κ1) is 15.6. The minimum absolute atomic E-state index is 0.161. The van der Waals surface area contributed by atoms with Crippen LogP contribution in [-0.2, 0) is 14.3 Å². The Morgan fingerprint density at radius 3 is 2.46 bits per heavy atom. The molecule has 0 bridgehead atoms. The molecular formula is C18H22N2O4. The standard InChI is InChI=1S/C18H22N2O4/c1-11-7-12(2)9-13(8-11)15-16(21)20(17(22)19-15)14-3-4-18(10-14)23-5-6-24-18/h7-9,14-15H,3-6,10H2,1-2H3,(H,19,22). The molecule has 0 radical (unpaired) electrons. The Hall–Kier alpha value is -1.92. The van der Waals surface area contributed by atoms with Crippen molar-refractivity contribution in [2.45, 2.75) is 51.0 Å². The first-order valence-electron chi connectivity index (χ1n) is 8.47. The molecule has 24 heavy (non-hydrogen) atoms. The van der Waals surface area contributed by atoms with Crippen LogP contribution >= 0.6 is 0 Å². The Balaban J connectivity index is 1.56. The van der Waals surface area contributed by atoms with Crippen molar-refractivity contribution in [3.63, 3.8) is 0 Å². The molecule has 1 aromatic carbocycles. The van der Waals surface area contributed by atoms with Crippen molar-refractivity contribution in [1.29, 1.82) is 0 Å². The van der Waals surface area contributed by atoms with Crippen molar-refractivity contribution >= 4 is 11.9 Å². The number of aryl methyl sites for hydroxylation is 2. The van der Waals surface area contributed by atoms with Crippen LogP contribution in [0.4, 0.5) is 4.79 Å². The number of nitrogens with zero attached hydrogens (tertiary/aromatic N) is 1. The molecule has 2 unspecified atom stereocenters. The summed E-state index contributed by atoms with van der Waals surface area (Å²) in [6.45, 7) is 5.14. The Morgan fingerprint density at radius 2 is 1.79 bits per heavy atom. The first-order valence-corrected chi connectivity index (χ1v) is 8.47. The maximum atomic E-state index is 12.9. The number of carbonyl (C=O) groups excluding carboxylic acids is 2. The van der Waals surface area contributed by atoms with Gasteiger partial charge in [-0.2, -0.15) is 0 Å². The zero-order valence-corrected chi connectivity index (χ0v) is 14.0. The highest BCUT2D eigenvalue weighted by Gasteiger charge is 2.51. The minimum atomic E-state index is -0.599. The van der Waals surface area contributed by atoms with E-state index in [9.17, 15) is 9.59 Å². The van der Waals surface area contributed by atoms with Crippen LogP contribution in [0.25, 0.3) is 0 Å². The molecule has 6 heteroatoms. The normalized spacial score (nSPS) is 28.8. The van der Waals surface area contributed by atoms with Crippen LogP contribution in [0.2, 0.25) is 0 Å². The van der Waals surface area contributed by atoms with Crippen molar-refractivity contribution < 1.29 is 19.1 Å². The molecule has 1 saturated carbocycles. The number of carbonyl (C=O) groups is 2. The van der Waals surface area contributed by atoms with E-state index in [2.05, 4.69) is 11.4 Å². The Bertz CT molecular complexity index is 676. The van der Waals surface area contributed by atoms with Gasteiger partial charge in [-0.05, 0) is 25.8 Å². The Labute approximate surface area is 141 Å². The molecular weight excluding hydrogens is 308 g/mol. The molecule has 128 valence electrons. The zero-order chi connectivity index (χ0) is 16.9. The molecule has 2 atom stereocenters. The topological polar surface area (TPSA) is 67.9 Å². The number of rotatable bonds is 2. The average Bonchev–Trinajstić information content (AvgIpc) is 3.20. The van der Waals surface area contributed by atoms with Crippen molar-refractivity contribution in [3.8, 4) is 0 Å². The van der Waals surface area contributed by atoms with Gasteiger partial charge >= 0.3 is 6.03 Å². The summed E-state index contributed by atoms with van der Waals surface area (Å²) in [5, 5.41) is 2.84. The fraction of sp³-hybridized carbons (Fsp3) is 0.556. The number of hydrogen-bond acceptors (Lipinski definition) is 4. The van der Waals surface area contributed by atoms with Gasteiger partial charge in [0.2, 0.25) is 0 Å². The number of imide groups is 1. The van der Waals surface area contributed by atoms with Crippen LogP contribution in [0.15, 0.2) is 18.2 Å². The number of hydrogen-bond donors (Lipinski definition) is 1. The van der Waals surface area contributed by atoms with Gasteiger partial charge in [0.05, 0.1) is 13.2 Å². The summed E-state index contributed by atoms with van der Waals surface area (Å²) >= 11 is 0. The van der Waals surface area contributed by atoms with Crippen molar-refractivity contribution in [2.75, 3.05) is 13.2 Å². The third-order valence-corrected chi connectivity index (χ3v) is 5.13. The molecule has 1 spiro atoms. The first-order chi connectivity index (χ1) is 11.5. The second-order valence-electron chi connectivity index (χ2n) is 7.02. The van der Waals surface area contributed by atoms with E-state index in [1.165, 1.54) is 4.90 Å². The van der Waals surface area contributed by atoms with Gasteiger partial charge in [-0.15, -0.1) is 0 Å². The van der Waals surface area contributed by atoms with Gasteiger partial charge in [-0.1, -0.05) is 29.3 Å². The molecule has 3 fully saturated rings. The molecule has 0 aromatic heterocycles. The quantitative estimate of drug-likeness (QED) is 0.844. The summed E-state index contributed by atoms with van der Waals surface area (Å²) < 4.78 is 11.4. The highest BCUT2D eigenvalue weighted by atomic mass is 16.7. The lowest BCUT2D eigenvalue weighted by Gasteiger charge is -2.24. The molecule has 3 amide bonds. The molecule has 2 aliphatic heterocycles. The highest BCUT2D eigenvalue weighted by molar-refractivity contribution is 6.05. The third-order valence-electron chi connectivity index (χ3n) is 5.13. The maximum absolute atomic E-state index is 12.9. The summed E-state index contributed by atoms with van der Waals surface area (Å²) in [5.74, 6) is -0.770. The van der Waals surface area contributed by atoms with Crippen LogP contribution in [0.5, 0.6) is 0 Å². The van der Waals surface area contributed by atoms with Gasteiger partial charge in [0.25, 0.3) is 5.91 Å². The monoisotopic (exact) mass is 330 g/mol. The average molecular weight is 330 g/mol. The molecule has 4 rings (SSSR count). The van der Waals surface area contributed by atoms with E-state index in [4.69, 9.17) is 9.47 Å². The van der Waals surface area contributed by atoms with E-state index >= 15 is 0 Å². The summed E-state index contributed by atoms with van der Waals surface area (Å²) in [4.78, 5) is 26.7. The largest absolute Gasteiger partial charge is 0.347 e. The zero-order valence-electron chi connectivity index (χ0n) is 14.0. The van der Waals surface area contributed by atoms with E-state index in [0.717, 1.165) is 29.5 Å². The second kappa shape index (κ2) is 5.57. The van der Waals surface area contributed by atoms with Gasteiger partial charge in [0.15, 0.2) is 5.79 Å². The Morgan fingerprint density at radius 1 is 1.12 bits per heavy atom. The van der Waals surface area contributed by atoms with Gasteiger partial charge in [-0.25, -0.2) is 4.79 Å². The predicted octanol–water partition coefficient (Wildman–Crippen LogP) is 2.19. The predicted molar refractivity (Wildman–Crippen MR) is 86.3 cm³/mol. The minimum Gasteiger partial charge on any atom is -0.347 e. The summed E-state index contributed by atoms with van der Waals surface area (Å²) in [6, 6.07) is 4.89. The van der Waals surface area contributed by atoms with E-state index < -0.39 is 11.8 Å². The summed E-state index contributed by atoms with van der Waals surface area (Å²) in [6.07, 6.45) is 2.01. The van der Waals surface area contributed by atoms with Gasteiger partial charge in [0, 0.05) is 18.9 Å². The number of amides is 3. The van der Waals surface area contributed by atoms with Gasteiger partial charge in [-0.3, -0.25) is 9.69 Å². The number of urea groups is 1. The van der Waals surface area contributed by atoms with Crippen LogP contribution < -0.4 is 5.32 Å². The molecule has 2 heterocycles. The van der Waals surface area contributed by atoms with E-state index in [1.54, 1.807) is 0 Å². The lowest BCUT2D eigenvalue weighted by atomic mass is 10.0. The maximum Gasteiger partial charge on any atom is 0.325 e. The van der Waals surface area contributed by atoms with Crippen LogP contribution in [-0.4, -0.2) is 41.9 Å². The molecule has 2 saturated heterocycles. The summed E-state index contributed by atoms with van der Waals surface area (Å²) in [5.41, 5.74) is 3.01. The lowest BCUT2D eigenvalue weighted by molar-refractivity contribution is -0.153. The molecule has 1 aromatic rings. The van der Waals surface area contributed by atoms with Crippen molar-refractivity contribution in [3.05, 3.63) is 34.9 Å². The fourth-order valence-electron chi connectivity index (χ4n) is 4.17. The molecule has 3 aliphatic rings. The van der Waals surface area contributed by atoms with Gasteiger partial charge in [0.1, 0.15) is 6.04 Å². The number of benzene rings is 1. The van der Waals surface area contributed by atoms with Crippen molar-refractivity contribution in [2.24, 2.45) is 0 Å². The smallest absolute Gasteiger partial charge is 0.325 e. The molecule has 1 N–H and O–H groups in total. The number of ether oxygens (including phenoxy) is 2. The van der Waals surface area contributed by atoms with Crippen LogP contribution in [0.1, 0.15) is 42.0 Å². The SMILES string of the molecule is Cc1cc(C)cc(C2NC(=O)N(C3CCC4(C3)OCCO4)C2=O)c1. The second-order valence-corrected chi connectivity index (χ2v) is 7.02. The van der Waals surface area contributed by atoms with E-state index in [-0.39, 0.29) is 18.0 Å². The Kier molecular flexibility index (Phi) is 3.62. The van der Waals surface area contributed by atoms with Crippen molar-refractivity contribution in [1.82, 2.24) is 10.2 Å². The third kappa shape index (κ3) is 2.50. The fourth-order valence-corrected chi connectivity index (χ4v) is 4.17. The van der Waals surface area contributed by atoms with E-state index in [1.807, 2.05) is 26.0 Å². The van der Waals surface area contributed by atoms with E-state index in [0.29, 0.717) is 19.6 Å². The number of nitrogens with one attached hydrogen (secondary N) is 1. The molecule has 1 aliphatic carbocycles. The van der Waals surface area contributed by atoms with Gasteiger partial charge < -0.3 is 14.8 Å².